The van der Waals surface area contributed by atoms with Crippen molar-refractivity contribution >= 4 is 34.6 Å². The summed E-state index contributed by atoms with van der Waals surface area (Å²) in [5, 5.41) is 4.81. The summed E-state index contributed by atoms with van der Waals surface area (Å²) in [4.78, 5) is 0. The highest BCUT2D eigenvalue weighted by Crippen LogP contribution is 2.34. The van der Waals surface area contributed by atoms with E-state index in [2.05, 4.69) is 10.5 Å². The molecule has 0 heterocycles. The standard InChI is InChI=1S/C15H11Cl2F3N2/c1-9(11-7-6-10(16)8-13(11)17)21-22-14-5-3-2-4-12(14)15(18,19)20/h2-8,22H,1H3/b21-9-. The van der Waals surface area contributed by atoms with Gasteiger partial charge in [-0.3, -0.25) is 5.43 Å². The fourth-order valence-electron chi connectivity index (χ4n) is 1.82. The predicted molar refractivity (Wildman–Crippen MR) is 83.7 cm³/mol. The summed E-state index contributed by atoms with van der Waals surface area (Å²) in [5.74, 6) is 0. The van der Waals surface area contributed by atoms with E-state index in [4.69, 9.17) is 23.2 Å². The van der Waals surface area contributed by atoms with E-state index in [1.165, 1.54) is 18.2 Å². The molecule has 0 spiro atoms. The Bertz CT molecular complexity index is 712. The molecule has 0 aliphatic carbocycles. The van der Waals surface area contributed by atoms with Crippen molar-refractivity contribution in [2.24, 2.45) is 5.10 Å². The molecule has 1 N–H and O–H groups in total. The second-order valence-corrected chi connectivity index (χ2v) is 5.32. The first-order chi connectivity index (χ1) is 10.3. The Morgan fingerprint density at radius 2 is 1.77 bits per heavy atom. The molecule has 22 heavy (non-hydrogen) atoms. The van der Waals surface area contributed by atoms with Gasteiger partial charge in [0.1, 0.15) is 0 Å². The summed E-state index contributed by atoms with van der Waals surface area (Å²) in [5.41, 5.74) is 2.56. The number of halogens is 5. The van der Waals surface area contributed by atoms with Gasteiger partial charge in [-0.15, -0.1) is 0 Å². The van der Waals surface area contributed by atoms with Crippen LogP contribution in [0.4, 0.5) is 18.9 Å². The van der Waals surface area contributed by atoms with Crippen LogP contribution in [0.2, 0.25) is 10.0 Å². The fourth-order valence-corrected chi connectivity index (χ4v) is 2.36. The van der Waals surface area contributed by atoms with Gasteiger partial charge in [-0.2, -0.15) is 18.3 Å². The molecule has 0 unspecified atom stereocenters. The van der Waals surface area contributed by atoms with Gasteiger partial charge in [0.05, 0.1) is 22.0 Å². The number of alkyl halides is 3. The lowest BCUT2D eigenvalue weighted by Crippen LogP contribution is -2.09. The van der Waals surface area contributed by atoms with Crippen molar-refractivity contribution in [1.29, 1.82) is 0 Å². The number of hydrogen-bond donors (Lipinski definition) is 1. The Labute approximate surface area is 135 Å². The predicted octanol–water partition coefficient (Wildman–Crippen LogP) is 5.85. The Morgan fingerprint density at radius 3 is 2.41 bits per heavy atom. The van der Waals surface area contributed by atoms with Crippen molar-refractivity contribution in [3.63, 3.8) is 0 Å². The second kappa shape index (κ2) is 6.58. The van der Waals surface area contributed by atoms with Crippen molar-refractivity contribution in [1.82, 2.24) is 0 Å². The van der Waals surface area contributed by atoms with Crippen LogP contribution >= 0.6 is 23.2 Å². The lowest BCUT2D eigenvalue weighted by atomic mass is 10.1. The van der Waals surface area contributed by atoms with Crippen LogP contribution in [0.3, 0.4) is 0 Å². The molecule has 0 atom stereocenters. The zero-order valence-corrected chi connectivity index (χ0v) is 12.9. The van der Waals surface area contributed by atoms with Gasteiger partial charge in [0.2, 0.25) is 0 Å². The number of anilines is 1. The topological polar surface area (TPSA) is 24.4 Å². The molecule has 2 aromatic rings. The zero-order valence-electron chi connectivity index (χ0n) is 11.4. The summed E-state index contributed by atoms with van der Waals surface area (Å²) in [6.07, 6.45) is -4.45. The van der Waals surface area contributed by atoms with Gasteiger partial charge in [-0.25, -0.2) is 0 Å². The number of nitrogens with one attached hydrogen (secondary N) is 1. The van der Waals surface area contributed by atoms with Crippen LogP contribution in [0, 0.1) is 0 Å². The molecule has 116 valence electrons. The van der Waals surface area contributed by atoms with Gasteiger partial charge in [0.25, 0.3) is 0 Å². The Kier molecular flexibility index (Phi) is 4.98. The molecule has 0 aliphatic rings. The van der Waals surface area contributed by atoms with Gasteiger partial charge < -0.3 is 0 Å². The van der Waals surface area contributed by atoms with E-state index in [1.807, 2.05) is 0 Å². The Hall–Kier alpha value is -1.72. The van der Waals surface area contributed by atoms with Crippen LogP contribution in [-0.2, 0) is 6.18 Å². The molecule has 2 nitrogen and oxygen atoms in total. The van der Waals surface area contributed by atoms with Crippen molar-refractivity contribution in [3.05, 3.63) is 63.6 Å². The average molecular weight is 347 g/mol. The van der Waals surface area contributed by atoms with Crippen molar-refractivity contribution in [2.45, 2.75) is 13.1 Å². The third kappa shape index (κ3) is 3.93. The van der Waals surface area contributed by atoms with Crippen LogP contribution in [0.1, 0.15) is 18.1 Å². The number of hydrogen-bond acceptors (Lipinski definition) is 2. The largest absolute Gasteiger partial charge is 0.418 e. The van der Waals surface area contributed by atoms with Crippen LogP contribution in [-0.4, -0.2) is 5.71 Å². The van der Waals surface area contributed by atoms with E-state index in [-0.39, 0.29) is 5.69 Å². The van der Waals surface area contributed by atoms with Crippen LogP contribution in [0.5, 0.6) is 0 Å². The maximum Gasteiger partial charge on any atom is 0.418 e. The van der Waals surface area contributed by atoms with Gasteiger partial charge >= 0.3 is 6.18 Å². The molecular weight excluding hydrogens is 336 g/mol. The number of para-hydroxylation sites is 1. The number of nitrogens with zero attached hydrogens (tertiary/aromatic N) is 1. The number of hydrazone groups is 1. The highest BCUT2D eigenvalue weighted by Gasteiger charge is 2.33. The quantitative estimate of drug-likeness (QED) is 0.547. The molecule has 0 saturated heterocycles. The Morgan fingerprint density at radius 1 is 1.09 bits per heavy atom. The van der Waals surface area contributed by atoms with E-state index in [1.54, 1.807) is 25.1 Å². The van der Waals surface area contributed by atoms with Gasteiger partial charge in [-0.05, 0) is 31.2 Å². The van der Waals surface area contributed by atoms with E-state index < -0.39 is 11.7 Å². The number of benzene rings is 2. The van der Waals surface area contributed by atoms with Crippen molar-refractivity contribution < 1.29 is 13.2 Å². The molecule has 2 rings (SSSR count). The highest BCUT2D eigenvalue weighted by atomic mass is 35.5. The molecule has 2 aromatic carbocycles. The van der Waals surface area contributed by atoms with Crippen LogP contribution < -0.4 is 5.43 Å². The molecule has 0 aromatic heterocycles. The molecule has 0 aliphatic heterocycles. The third-order valence-electron chi connectivity index (χ3n) is 2.90. The molecule has 0 radical (unpaired) electrons. The van der Waals surface area contributed by atoms with Crippen molar-refractivity contribution in [2.75, 3.05) is 5.43 Å². The summed E-state index contributed by atoms with van der Waals surface area (Å²) in [6.45, 7) is 1.64. The summed E-state index contributed by atoms with van der Waals surface area (Å²) in [7, 11) is 0. The molecule has 0 fully saturated rings. The number of rotatable bonds is 3. The average Bonchev–Trinajstić information content (AvgIpc) is 2.44. The minimum absolute atomic E-state index is 0.126. The molecule has 0 saturated carbocycles. The lowest BCUT2D eigenvalue weighted by molar-refractivity contribution is -0.136. The van der Waals surface area contributed by atoms with Gasteiger partial charge in [0.15, 0.2) is 0 Å². The first-order valence-corrected chi connectivity index (χ1v) is 6.96. The maximum absolute atomic E-state index is 12.9. The van der Waals surface area contributed by atoms with E-state index in [0.29, 0.717) is 21.3 Å². The van der Waals surface area contributed by atoms with E-state index in [9.17, 15) is 13.2 Å². The monoisotopic (exact) mass is 346 g/mol. The molecular formula is C15H11Cl2F3N2. The minimum atomic E-state index is -4.45. The van der Waals surface area contributed by atoms with Gasteiger partial charge in [0, 0.05) is 10.6 Å². The normalized spacial score (nSPS) is 12.4. The maximum atomic E-state index is 12.9. The minimum Gasteiger partial charge on any atom is -0.278 e. The molecule has 7 heteroatoms. The summed E-state index contributed by atoms with van der Waals surface area (Å²) < 4.78 is 38.6. The third-order valence-corrected chi connectivity index (χ3v) is 3.45. The lowest BCUT2D eigenvalue weighted by Gasteiger charge is -2.12. The SMILES string of the molecule is C/C(=N/Nc1ccccc1C(F)(F)F)c1ccc(Cl)cc1Cl. The fraction of sp³-hybridized carbons (Fsp3) is 0.133. The Balaban J connectivity index is 2.29. The smallest absolute Gasteiger partial charge is 0.278 e. The van der Waals surface area contributed by atoms with E-state index in [0.717, 1.165) is 6.07 Å². The first-order valence-electron chi connectivity index (χ1n) is 6.21. The summed E-state index contributed by atoms with van der Waals surface area (Å²) >= 11 is 11.8. The van der Waals surface area contributed by atoms with Crippen LogP contribution in [0.25, 0.3) is 0 Å². The highest BCUT2D eigenvalue weighted by molar-refractivity contribution is 6.37. The van der Waals surface area contributed by atoms with Gasteiger partial charge in [-0.1, -0.05) is 41.4 Å². The molecule has 0 amide bonds. The molecule has 0 bridgehead atoms. The zero-order chi connectivity index (χ0) is 16.3. The summed E-state index contributed by atoms with van der Waals surface area (Å²) in [6, 6.07) is 9.94. The van der Waals surface area contributed by atoms with Crippen molar-refractivity contribution in [3.8, 4) is 0 Å². The van der Waals surface area contributed by atoms with E-state index >= 15 is 0 Å². The van der Waals surface area contributed by atoms with Crippen LogP contribution in [0.15, 0.2) is 47.6 Å². The second-order valence-electron chi connectivity index (χ2n) is 4.48. The first kappa shape index (κ1) is 16.6.